The van der Waals surface area contributed by atoms with Crippen LogP contribution in [0.2, 0.25) is 0 Å². The highest BCUT2D eigenvalue weighted by molar-refractivity contribution is 5.95. The van der Waals surface area contributed by atoms with Crippen LogP contribution in [0.1, 0.15) is 44.0 Å². The molecule has 0 spiro atoms. The van der Waals surface area contributed by atoms with E-state index >= 15 is 0 Å². The summed E-state index contributed by atoms with van der Waals surface area (Å²) in [6.45, 7) is 7.75. The highest BCUT2D eigenvalue weighted by Crippen LogP contribution is 2.16. The molecule has 0 fully saturated rings. The molecule has 2 amide bonds. The Labute approximate surface area is 173 Å². The lowest BCUT2D eigenvalue weighted by atomic mass is 10.2. The lowest BCUT2D eigenvalue weighted by molar-refractivity contribution is -0.114. The van der Waals surface area contributed by atoms with Gasteiger partial charge in [0.05, 0.1) is 13.2 Å². The minimum absolute atomic E-state index is 0.0800. The minimum atomic E-state index is -0.151. The Morgan fingerprint density at radius 3 is 2.24 bits per heavy atom. The Morgan fingerprint density at radius 1 is 0.966 bits per heavy atom. The second-order valence-corrected chi connectivity index (χ2v) is 7.32. The van der Waals surface area contributed by atoms with E-state index in [1.54, 1.807) is 24.3 Å². The van der Waals surface area contributed by atoms with Crippen LogP contribution in [0.4, 0.5) is 11.4 Å². The van der Waals surface area contributed by atoms with Crippen molar-refractivity contribution in [1.82, 2.24) is 5.32 Å². The molecule has 156 valence electrons. The van der Waals surface area contributed by atoms with Gasteiger partial charge in [-0.15, -0.1) is 0 Å². The van der Waals surface area contributed by atoms with Gasteiger partial charge in [0.2, 0.25) is 5.91 Å². The van der Waals surface area contributed by atoms with Crippen molar-refractivity contribution < 1.29 is 14.3 Å². The fourth-order valence-corrected chi connectivity index (χ4v) is 2.51. The molecule has 2 aromatic carbocycles. The first-order valence-corrected chi connectivity index (χ1v) is 10.1. The fourth-order valence-electron chi connectivity index (χ4n) is 2.51. The lowest BCUT2D eigenvalue weighted by Crippen LogP contribution is -2.24. The van der Waals surface area contributed by atoms with Gasteiger partial charge in [-0.25, -0.2) is 0 Å². The van der Waals surface area contributed by atoms with E-state index in [2.05, 4.69) is 36.7 Å². The van der Waals surface area contributed by atoms with Crippen molar-refractivity contribution in [2.24, 2.45) is 5.92 Å². The van der Waals surface area contributed by atoms with Gasteiger partial charge in [0, 0.05) is 23.5 Å². The second-order valence-electron chi connectivity index (χ2n) is 7.32. The predicted molar refractivity (Wildman–Crippen MR) is 118 cm³/mol. The van der Waals surface area contributed by atoms with E-state index in [1.165, 1.54) is 0 Å². The molecule has 2 rings (SSSR count). The maximum atomic E-state index is 12.1. The molecule has 29 heavy (non-hydrogen) atoms. The third-order valence-electron chi connectivity index (χ3n) is 4.14. The molecule has 0 radical (unpaired) electrons. The Hall–Kier alpha value is -3.02. The largest absolute Gasteiger partial charge is 0.493 e. The standard InChI is InChI=1S/C23H31N3O3/c1-4-5-14-24-23(28)18-6-8-19(9-7-18)25-15-22(27)26-20-10-12-21(13-11-20)29-16-17(2)3/h6-13,17,25H,4-5,14-16H2,1-3H3,(H,24,28)(H,26,27). The van der Waals surface area contributed by atoms with Crippen LogP contribution >= 0.6 is 0 Å². The SMILES string of the molecule is CCCCNC(=O)c1ccc(NCC(=O)Nc2ccc(OCC(C)C)cc2)cc1. The number of carbonyl (C=O) groups is 2. The molecule has 3 N–H and O–H groups in total. The number of amides is 2. The van der Waals surface area contributed by atoms with Gasteiger partial charge in [-0.05, 0) is 60.9 Å². The van der Waals surface area contributed by atoms with E-state index in [0.29, 0.717) is 30.3 Å². The maximum absolute atomic E-state index is 12.1. The van der Waals surface area contributed by atoms with Crippen molar-refractivity contribution in [3.8, 4) is 5.75 Å². The molecule has 0 aliphatic rings. The summed E-state index contributed by atoms with van der Waals surface area (Å²) in [6, 6.07) is 14.4. The van der Waals surface area contributed by atoms with E-state index in [4.69, 9.17) is 4.74 Å². The van der Waals surface area contributed by atoms with Crippen molar-refractivity contribution in [1.29, 1.82) is 0 Å². The zero-order valence-corrected chi connectivity index (χ0v) is 17.5. The first-order valence-electron chi connectivity index (χ1n) is 10.1. The predicted octanol–water partition coefficient (Wildman–Crippen LogP) is 4.30. The zero-order chi connectivity index (χ0) is 21.1. The van der Waals surface area contributed by atoms with Crippen molar-refractivity contribution in [2.75, 3.05) is 30.3 Å². The highest BCUT2D eigenvalue weighted by Gasteiger charge is 2.06. The van der Waals surface area contributed by atoms with Crippen LogP contribution in [-0.2, 0) is 4.79 Å². The van der Waals surface area contributed by atoms with Crippen LogP contribution in [-0.4, -0.2) is 31.5 Å². The van der Waals surface area contributed by atoms with Gasteiger partial charge in [0.1, 0.15) is 5.75 Å². The number of benzene rings is 2. The average Bonchev–Trinajstić information content (AvgIpc) is 2.72. The Balaban J connectivity index is 1.76. The van der Waals surface area contributed by atoms with E-state index in [-0.39, 0.29) is 18.4 Å². The Kier molecular flexibility index (Phi) is 9.02. The van der Waals surface area contributed by atoms with Crippen LogP contribution in [0.3, 0.4) is 0 Å². The van der Waals surface area contributed by atoms with Crippen molar-refractivity contribution >= 4 is 23.2 Å². The van der Waals surface area contributed by atoms with E-state index in [0.717, 1.165) is 24.3 Å². The number of rotatable bonds is 11. The van der Waals surface area contributed by atoms with Gasteiger partial charge in [0.25, 0.3) is 5.91 Å². The topological polar surface area (TPSA) is 79.5 Å². The van der Waals surface area contributed by atoms with Gasteiger partial charge < -0.3 is 20.7 Å². The second kappa shape index (κ2) is 11.7. The molecule has 0 bridgehead atoms. The van der Waals surface area contributed by atoms with Crippen LogP contribution in [0.15, 0.2) is 48.5 Å². The smallest absolute Gasteiger partial charge is 0.251 e. The Bertz CT molecular complexity index is 771. The van der Waals surface area contributed by atoms with Gasteiger partial charge in [-0.3, -0.25) is 9.59 Å². The monoisotopic (exact) mass is 397 g/mol. The van der Waals surface area contributed by atoms with E-state index in [9.17, 15) is 9.59 Å². The highest BCUT2D eigenvalue weighted by atomic mass is 16.5. The summed E-state index contributed by atoms with van der Waals surface area (Å²) >= 11 is 0. The molecule has 6 nitrogen and oxygen atoms in total. The molecule has 0 atom stereocenters. The molecule has 0 aliphatic heterocycles. The number of hydrogen-bond donors (Lipinski definition) is 3. The quantitative estimate of drug-likeness (QED) is 0.494. The summed E-state index contributed by atoms with van der Waals surface area (Å²) in [5, 5.41) is 8.78. The number of carbonyl (C=O) groups excluding carboxylic acids is 2. The first-order chi connectivity index (χ1) is 14.0. The normalized spacial score (nSPS) is 10.5. The lowest BCUT2D eigenvalue weighted by Gasteiger charge is -2.11. The van der Waals surface area contributed by atoms with Crippen LogP contribution in [0, 0.1) is 5.92 Å². The molecule has 0 unspecified atom stereocenters. The first kappa shape index (κ1) is 22.3. The summed E-state index contributed by atoms with van der Waals surface area (Å²) in [4.78, 5) is 24.1. The minimum Gasteiger partial charge on any atom is -0.493 e. The number of unbranched alkanes of at least 4 members (excludes halogenated alkanes) is 1. The Morgan fingerprint density at radius 2 is 1.62 bits per heavy atom. The molecule has 0 heterocycles. The van der Waals surface area contributed by atoms with E-state index < -0.39 is 0 Å². The third-order valence-corrected chi connectivity index (χ3v) is 4.14. The summed E-state index contributed by atoms with van der Waals surface area (Å²) < 4.78 is 5.63. The summed E-state index contributed by atoms with van der Waals surface area (Å²) in [7, 11) is 0. The summed E-state index contributed by atoms with van der Waals surface area (Å²) in [5.41, 5.74) is 2.10. The van der Waals surface area contributed by atoms with Gasteiger partial charge in [-0.2, -0.15) is 0 Å². The third kappa shape index (κ3) is 8.25. The fraction of sp³-hybridized carbons (Fsp3) is 0.391. The van der Waals surface area contributed by atoms with Crippen LogP contribution in [0.25, 0.3) is 0 Å². The van der Waals surface area contributed by atoms with Crippen LogP contribution in [0.5, 0.6) is 5.75 Å². The van der Waals surface area contributed by atoms with Crippen LogP contribution < -0.4 is 20.7 Å². The van der Waals surface area contributed by atoms with Crippen molar-refractivity contribution in [3.05, 3.63) is 54.1 Å². The van der Waals surface area contributed by atoms with Crippen molar-refractivity contribution in [2.45, 2.75) is 33.6 Å². The zero-order valence-electron chi connectivity index (χ0n) is 17.5. The van der Waals surface area contributed by atoms with Crippen molar-refractivity contribution in [3.63, 3.8) is 0 Å². The summed E-state index contributed by atoms with van der Waals surface area (Å²) in [5.74, 6) is 1.02. The van der Waals surface area contributed by atoms with Gasteiger partial charge in [0.15, 0.2) is 0 Å². The average molecular weight is 398 g/mol. The molecule has 0 saturated carbocycles. The summed E-state index contributed by atoms with van der Waals surface area (Å²) in [6.07, 6.45) is 2.01. The molecule has 6 heteroatoms. The molecular weight excluding hydrogens is 366 g/mol. The van der Waals surface area contributed by atoms with E-state index in [1.807, 2.05) is 24.3 Å². The van der Waals surface area contributed by atoms with Gasteiger partial charge in [-0.1, -0.05) is 27.2 Å². The molecule has 0 aromatic heterocycles. The number of ether oxygens (including phenoxy) is 1. The number of nitrogens with one attached hydrogen (secondary N) is 3. The molecule has 2 aromatic rings. The molecular formula is C23H31N3O3. The molecule has 0 saturated heterocycles. The number of hydrogen-bond acceptors (Lipinski definition) is 4. The maximum Gasteiger partial charge on any atom is 0.251 e. The molecule has 0 aliphatic carbocycles. The number of anilines is 2. The van der Waals surface area contributed by atoms with Gasteiger partial charge >= 0.3 is 0 Å².